The first-order valence-corrected chi connectivity index (χ1v) is 8.63. The highest BCUT2D eigenvalue weighted by atomic mass is 16.5. The molecule has 2 N–H and O–H groups in total. The first-order chi connectivity index (χ1) is 13.7. The van der Waals surface area contributed by atoms with Crippen molar-refractivity contribution in [3.63, 3.8) is 0 Å². The summed E-state index contributed by atoms with van der Waals surface area (Å²) in [6, 6.07) is 20.7. The van der Waals surface area contributed by atoms with Crippen molar-refractivity contribution >= 4 is 11.7 Å². The average Bonchev–Trinajstić information content (AvgIpc) is 3.22. The molecule has 0 saturated carbocycles. The maximum Gasteiger partial charge on any atom is 0.294 e. The van der Waals surface area contributed by atoms with E-state index in [2.05, 4.69) is 25.5 Å². The number of carbonyl (C=O) groups is 1. The number of H-pyrrole nitrogens is 1. The molecule has 0 radical (unpaired) electrons. The van der Waals surface area contributed by atoms with Crippen molar-refractivity contribution < 1.29 is 9.53 Å². The molecule has 0 aliphatic rings. The third-order valence-electron chi connectivity index (χ3n) is 4.14. The van der Waals surface area contributed by atoms with E-state index in [1.54, 1.807) is 25.4 Å². The van der Waals surface area contributed by atoms with Crippen molar-refractivity contribution in [1.82, 2.24) is 20.2 Å². The van der Waals surface area contributed by atoms with E-state index in [1.807, 2.05) is 54.6 Å². The van der Waals surface area contributed by atoms with Crippen molar-refractivity contribution in [3.8, 4) is 28.3 Å². The first-order valence-electron chi connectivity index (χ1n) is 8.63. The average molecular weight is 371 g/mol. The summed E-state index contributed by atoms with van der Waals surface area (Å²) in [5.41, 5.74) is 3.17. The molecular formula is C21H17N5O2. The fraction of sp³-hybridized carbons (Fsp3) is 0.0476. The lowest BCUT2D eigenvalue weighted by molar-refractivity contribution is 0.101. The van der Waals surface area contributed by atoms with Crippen LogP contribution >= 0.6 is 0 Å². The smallest absolute Gasteiger partial charge is 0.294 e. The second kappa shape index (κ2) is 7.71. The van der Waals surface area contributed by atoms with Gasteiger partial charge < -0.3 is 10.1 Å². The van der Waals surface area contributed by atoms with Crippen molar-refractivity contribution in [1.29, 1.82) is 0 Å². The highest BCUT2D eigenvalue weighted by Gasteiger charge is 2.14. The van der Waals surface area contributed by atoms with Gasteiger partial charge in [-0.25, -0.2) is 9.97 Å². The molecule has 2 aromatic carbocycles. The van der Waals surface area contributed by atoms with E-state index >= 15 is 0 Å². The Morgan fingerprint density at radius 1 is 1.04 bits per heavy atom. The molecule has 0 unspecified atom stereocenters. The standard InChI is InChI=1S/C21H17N5O2/c1-28-18-10-6-5-9-15(18)17-13-19(26-25-17)24-21(27)20-22-12-11-16(23-20)14-7-3-2-4-8-14/h2-13H,1H3,(H2,24,25,26,27). The number of hydrogen-bond acceptors (Lipinski definition) is 5. The molecule has 2 aromatic heterocycles. The number of hydrogen-bond donors (Lipinski definition) is 2. The molecule has 0 atom stereocenters. The Morgan fingerprint density at radius 3 is 2.64 bits per heavy atom. The van der Waals surface area contributed by atoms with Crippen LogP contribution in [-0.2, 0) is 0 Å². The molecule has 0 aliphatic heterocycles. The second-order valence-corrected chi connectivity index (χ2v) is 5.95. The zero-order chi connectivity index (χ0) is 19.3. The molecule has 4 rings (SSSR count). The van der Waals surface area contributed by atoms with Gasteiger partial charge in [-0.2, -0.15) is 5.10 Å². The van der Waals surface area contributed by atoms with Gasteiger partial charge in [0.25, 0.3) is 5.91 Å². The van der Waals surface area contributed by atoms with Crippen LogP contribution in [0.4, 0.5) is 5.82 Å². The number of carbonyl (C=O) groups excluding carboxylic acids is 1. The number of amides is 1. The summed E-state index contributed by atoms with van der Waals surface area (Å²) in [6.45, 7) is 0. The van der Waals surface area contributed by atoms with E-state index in [9.17, 15) is 4.79 Å². The third-order valence-corrected chi connectivity index (χ3v) is 4.14. The minimum Gasteiger partial charge on any atom is -0.496 e. The Hall–Kier alpha value is -4.00. The van der Waals surface area contributed by atoms with E-state index in [1.165, 1.54) is 0 Å². The highest BCUT2D eigenvalue weighted by molar-refractivity contribution is 6.01. The van der Waals surface area contributed by atoms with E-state index in [-0.39, 0.29) is 5.82 Å². The summed E-state index contributed by atoms with van der Waals surface area (Å²) in [7, 11) is 1.61. The van der Waals surface area contributed by atoms with Gasteiger partial charge in [0.1, 0.15) is 5.75 Å². The Labute approximate surface area is 161 Å². The molecule has 0 spiro atoms. The number of aromatic amines is 1. The van der Waals surface area contributed by atoms with Crippen LogP contribution in [0.3, 0.4) is 0 Å². The van der Waals surface area contributed by atoms with Crippen molar-refractivity contribution in [2.24, 2.45) is 0 Å². The van der Waals surface area contributed by atoms with E-state index in [0.29, 0.717) is 17.3 Å². The van der Waals surface area contributed by atoms with E-state index < -0.39 is 5.91 Å². The number of methoxy groups -OCH3 is 1. The van der Waals surface area contributed by atoms with Gasteiger partial charge in [0.15, 0.2) is 5.82 Å². The Balaban J connectivity index is 1.54. The Bertz CT molecular complexity index is 1110. The van der Waals surface area contributed by atoms with Gasteiger partial charge in [-0.05, 0) is 18.2 Å². The van der Waals surface area contributed by atoms with Crippen LogP contribution in [0, 0.1) is 0 Å². The molecule has 4 aromatic rings. The second-order valence-electron chi connectivity index (χ2n) is 5.95. The predicted octanol–water partition coefficient (Wildman–Crippen LogP) is 3.79. The lowest BCUT2D eigenvalue weighted by Gasteiger charge is -2.05. The molecule has 7 nitrogen and oxygen atoms in total. The summed E-state index contributed by atoms with van der Waals surface area (Å²) in [5, 5.41) is 9.77. The van der Waals surface area contributed by atoms with Crippen LogP contribution in [-0.4, -0.2) is 33.2 Å². The summed E-state index contributed by atoms with van der Waals surface area (Å²) >= 11 is 0. The number of rotatable bonds is 5. The number of aromatic nitrogens is 4. The zero-order valence-electron chi connectivity index (χ0n) is 15.1. The third kappa shape index (κ3) is 3.59. The van der Waals surface area contributed by atoms with Crippen LogP contribution in [0.25, 0.3) is 22.5 Å². The van der Waals surface area contributed by atoms with Gasteiger partial charge in [-0.3, -0.25) is 9.89 Å². The molecule has 2 heterocycles. The van der Waals surface area contributed by atoms with Crippen molar-refractivity contribution in [3.05, 3.63) is 78.8 Å². The fourth-order valence-corrected chi connectivity index (χ4v) is 2.80. The Kier molecular flexibility index (Phi) is 4.79. The van der Waals surface area contributed by atoms with Gasteiger partial charge in [0.05, 0.1) is 18.5 Å². The van der Waals surface area contributed by atoms with Crippen molar-refractivity contribution in [2.45, 2.75) is 0 Å². The summed E-state index contributed by atoms with van der Waals surface area (Å²) < 4.78 is 5.36. The minimum absolute atomic E-state index is 0.0724. The SMILES string of the molecule is COc1ccccc1-c1cc(NC(=O)c2nccc(-c3ccccc3)n2)n[nH]1. The summed E-state index contributed by atoms with van der Waals surface area (Å²) in [4.78, 5) is 21.0. The minimum atomic E-state index is -0.434. The normalized spacial score (nSPS) is 10.5. The van der Waals surface area contributed by atoms with Crippen LogP contribution in [0.1, 0.15) is 10.6 Å². The molecular weight excluding hydrogens is 354 g/mol. The summed E-state index contributed by atoms with van der Waals surface area (Å²) in [5.74, 6) is 0.724. The van der Waals surface area contributed by atoms with E-state index in [0.717, 1.165) is 16.8 Å². The van der Waals surface area contributed by atoms with Gasteiger partial charge in [-0.1, -0.05) is 42.5 Å². The molecule has 28 heavy (non-hydrogen) atoms. The number of nitrogens with zero attached hydrogens (tertiary/aromatic N) is 3. The molecule has 0 bridgehead atoms. The molecule has 0 fully saturated rings. The van der Waals surface area contributed by atoms with Crippen LogP contribution < -0.4 is 10.1 Å². The number of nitrogens with one attached hydrogen (secondary N) is 2. The summed E-state index contributed by atoms with van der Waals surface area (Å²) in [6.07, 6.45) is 1.56. The first kappa shape index (κ1) is 17.4. The van der Waals surface area contributed by atoms with Crippen molar-refractivity contribution in [2.75, 3.05) is 12.4 Å². The fourth-order valence-electron chi connectivity index (χ4n) is 2.80. The topological polar surface area (TPSA) is 92.8 Å². The zero-order valence-corrected chi connectivity index (χ0v) is 15.1. The monoisotopic (exact) mass is 371 g/mol. The highest BCUT2D eigenvalue weighted by Crippen LogP contribution is 2.29. The maximum absolute atomic E-state index is 12.6. The molecule has 0 aliphatic carbocycles. The maximum atomic E-state index is 12.6. The van der Waals surface area contributed by atoms with Crippen LogP contribution in [0.5, 0.6) is 5.75 Å². The van der Waals surface area contributed by atoms with Crippen LogP contribution in [0.2, 0.25) is 0 Å². The largest absolute Gasteiger partial charge is 0.496 e. The number of anilines is 1. The van der Waals surface area contributed by atoms with Gasteiger partial charge in [0.2, 0.25) is 5.82 Å². The quantitative estimate of drug-likeness (QED) is 0.557. The molecule has 1 amide bonds. The predicted molar refractivity (Wildman–Crippen MR) is 106 cm³/mol. The van der Waals surface area contributed by atoms with Gasteiger partial charge in [0, 0.05) is 23.4 Å². The number of benzene rings is 2. The molecule has 7 heteroatoms. The lowest BCUT2D eigenvalue weighted by Crippen LogP contribution is -2.16. The number of ether oxygens (including phenoxy) is 1. The molecule has 138 valence electrons. The van der Waals surface area contributed by atoms with Crippen LogP contribution in [0.15, 0.2) is 72.9 Å². The van der Waals surface area contributed by atoms with Gasteiger partial charge in [-0.15, -0.1) is 0 Å². The Morgan fingerprint density at radius 2 is 1.82 bits per heavy atom. The van der Waals surface area contributed by atoms with Gasteiger partial charge >= 0.3 is 0 Å². The van der Waals surface area contributed by atoms with E-state index in [4.69, 9.17) is 4.74 Å². The molecule has 0 saturated heterocycles. The lowest BCUT2D eigenvalue weighted by atomic mass is 10.1. The number of para-hydroxylation sites is 1.